The van der Waals surface area contributed by atoms with Crippen molar-refractivity contribution in [2.45, 2.75) is 38.6 Å². The quantitative estimate of drug-likeness (QED) is 0.825. The fraction of sp³-hybridized carbons (Fsp3) is 0.471. The van der Waals surface area contributed by atoms with Crippen LogP contribution in [0.15, 0.2) is 30.3 Å². The number of hydrogen-bond donors (Lipinski definition) is 1. The summed E-state index contributed by atoms with van der Waals surface area (Å²) in [5, 5.41) is 3.17. The second-order valence-electron chi connectivity index (χ2n) is 6.03. The Hall–Kier alpha value is -1.57. The lowest BCUT2D eigenvalue weighted by atomic mass is 9.95. The molecule has 2 heteroatoms. The third-order valence-corrected chi connectivity index (χ3v) is 4.57. The van der Waals surface area contributed by atoms with Crippen molar-refractivity contribution in [2.24, 2.45) is 11.8 Å². The third kappa shape index (κ3) is 2.89. The standard InChI is InChI=1S/C17H21NO/c1-12-2-4-13(5-3-12)7-9-17(19)18-16-11-14-6-8-15(16)10-14/h2-5,7,9,14-16H,6,8,10-11H2,1H3,(H,18,19)/b9-7+/t14-,15-,16-/m1/s1. The second kappa shape index (κ2) is 5.20. The van der Waals surface area contributed by atoms with E-state index in [9.17, 15) is 4.79 Å². The van der Waals surface area contributed by atoms with Crippen molar-refractivity contribution in [3.8, 4) is 0 Å². The summed E-state index contributed by atoms with van der Waals surface area (Å²) in [4.78, 5) is 11.9. The van der Waals surface area contributed by atoms with Crippen LogP contribution in [0, 0.1) is 18.8 Å². The predicted octanol–water partition coefficient (Wildman–Crippen LogP) is 3.31. The zero-order chi connectivity index (χ0) is 13.2. The van der Waals surface area contributed by atoms with Gasteiger partial charge in [-0.1, -0.05) is 36.2 Å². The molecule has 2 aliphatic rings. The Bertz CT molecular complexity index is 488. The average molecular weight is 255 g/mol. The van der Waals surface area contributed by atoms with Gasteiger partial charge in [0.25, 0.3) is 0 Å². The van der Waals surface area contributed by atoms with Gasteiger partial charge < -0.3 is 5.32 Å². The molecule has 2 nitrogen and oxygen atoms in total. The van der Waals surface area contributed by atoms with Gasteiger partial charge in [-0.15, -0.1) is 0 Å². The largest absolute Gasteiger partial charge is 0.350 e. The topological polar surface area (TPSA) is 29.1 Å². The Morgan fingerprint density at radius 3 is 2.63 bits per heavy atom. The Morgan fingerprint density at radius 2 is 2.00 bits per heavy atom. The average Bonchev–Trinajstić information content (AvgIpc) is 3.00. The lowest BCUT2D eigenvalue weighted by molar-refractivity contribution is -0.117. The van der Waals surface area contributed by atoms with E-state index in [1.165, 1.54) is 31.2 Å². The molecule has 0 aliphatic heterocycles. The van der Waals surface area contributed by atoms with E-state index >= 15 is 0 Å². The molecule has 2 bridgehead atoms. The van der Waals surface area contributed by atoms with Crippen LogP contribution in [0.2, 0.25) is 0 Å². The number of aryl methyl sites for hydroxylation is 1. The van der Waals surface area contributed by atoms with E-state index in [4.69, 9.17) is 0 Å². The molecule has 2 aliphatic carbocycles. The maximum absolute atomic E-state index is 11.9. The molecule has 0 unspecified atom stereocenters. The van der Waals surface area contributed by atoms with Crippen molar-refractivity contribution in [3.05, 3.63) is 41.5 Å². The molecule has 1 aromatic rings. The van der Waals surface area contributed by atoms with E-state index in [1.807, 2.05) is 18.2 Å². The van der Waals surface area contributed by atoms with Crippen LogP contribution in [0.5, 0.6) is 0 Å². The summed E-state index contributed by atoms with van der Waals surface area (Å²) in [6, 6.07) is 8.63. The molecular formula is C17H21NO. The molecule has 1 N–H and O–H groups in total. The fourth-order valence-corrected chi connectivity index (χ4v) is 3.50. The summed E-state index contributed by atoms with van der Waals surface area (Å²) >= 11 is 0. The third-order valence-electron chi connectivity index (χ3n) is 4.57. The summed E-state index contributed by atoms with van der Waals surface area (Å²) in [5.41, 5.74) is 2.32. The van der Waals surface area contributed by atoms with Crippen LogP contribution < -0.4 is 5.32 Å². The van der Waals surface area contributed by atoms with Crippen LogP contribution in [-0.4, -0.2) is 11.9 Å². The normalized spacial score (nSPS) is 29.0. The Labute approximate surface area is 114 Å². The Balaban J connectivity index is 1.55. The van der Waals surface area contributed by atoms with Crippen LogP contribution >= 0.6 is 0 Å². The number of fused-ring (bicyclic) bond motifs is 2. The second-order valence-corrected chi connectivity index (χ2v) is 6.03. The highest BCUT2D eigenvalue weighted by atomic mass is 16.1. The van der Waals surface area contributed by atoms with Gasteiger partial charge in [0, 0.05) is 12.1 Å². The molecule has 3 rings (SSSR count). The number of hydrogen-bond acceptors (Lipinski definition) is 1. The number of carbonyl (C=O) groups is 1. The molecule has 0 radical (unpaired) electrons. The number of rotatable bonds is 3. The van der Waals surface area contributed by atoms with Crippen molar-refractivity contribution < 1.29 is 4.79 Å². The lowest BCUT2D eigenvalue weighted by Crippen LogP contribution is -2.37. The molecule has 2 fully saturated rings. The molecule has 3 atom stereocenters. The number of nitrogens with one attached hydrogen (secondary N) is 1. The Morgan fingerprint density at radius 1 is 1.21 bits per heavy atom. The molecule has 0 saturated heterocycles. The molecule has 0 heterocycles. The van der Waals surface area contributed by atoms with E-state index in [2.05, 4.69) is 24.4 Å². The van der Waals surface area contributed by atoms with Gasteiger partial charge in [0.2, 0.25) is 5.91 Å². The summed E-state index contributed by atoms with van der Waals surface area (Å²) in [6.07, 6.45) is 8.74. The minimum Gasteiger partial charge on any atom is -0.350 e. The van der Waals surface area contributed by atoms with Gasteiger partial charge in [0.05, 0.1) is 0 Å². The fourth-order valence-electron chi connectivity index (χ4n) is 3.50. The summed E-state index contributed by atoms with van der Waals surface area (Å²) < 4.78 is 0. The van der Waals surface area contributed by atoms with Gasteiger partial charge in [-0.05, 0) is 49.7 Å². The van der Waals surface area contributed by atoms with Crippen LogP contribution in [0.4, 0.5) is 0 Å². The van der Waals surface area contributed by atoms with Crippen molar-refractivity contribution in [2.75, 3.05) is 0 Å². The predicted molar refractivity (Wildman–Crippen MR) is 77.6 cm³/mol. The van der Waals surface area contributed by atoms with E-state index in [0.29, 0.717) is 6.04 Å². The smallest absolute Gasteiger partial charge is 0.244 e. The lowest BCUT2D eigenvalue weighted by Gasteiger charge is -2.22. The van der Waals surface area contributed by atoms with Crippen LogP contribution in [-0.2, 0) is 4.79 Å². The molecule has 19 heavy (non-hydrogen) atoms. The van der Waals surface area contributed by atoms with E-state index in [-0.39, 0.29) is 5.91 Å². The first-order valence-corrected chi connectivity index (χ1v) is 7.26. The van der Waals surface area contributed by atoms with E-state index in [0.717, 1.165) is 17.4 Å². The SMILES string of the molecule is Cc1ccc(/C=C/C(=O)N[C@@H]2C[C@@H]3CC[C@@H]2C3)cc1. The first-order valence-electron chi connectivity index (χ1n) is 7.26. The van der Waals surface area contributed by atoms with Gasteiger partial charge in [0.15, 0.2) is 0 Å². The maximum atomic E-state index is 11.9. The minimum atomic E-state index is 0.0538. The highest BCUT2D eigenvalue weighted by Gasteiger charge is 2.39. The van der Waals surface area contributed by atoms with Gasteiger partial charge in [-0.25, -0.2) is 0 Å². The molecule has 2 saturated carbocycles. The molecular weight excluding hydrogens is 234 g/mol. The summed E-state index contributed by atoms with van der Waals surface area (Å²) in [6.45, 7) is 2.06. The van der Waals surface area contributed by atoms with E-state index in [1.54, 1.807) is 6.08 Å². The van der Waals surface area contributed by atoms with Gasteiger partial charge in [-0.3, -0.25) is 4.79 Å². The maximum Gasteiger partial charge on any atom is 0.244 e. The number of benzene rings is 1. The minimum absolute atomic E-state index is 0.0538. The molecule has 1 amide bonds. The van der Waals surface area contributed by atoms with Crippen molar-refractivity contribution >= 4 is 12.0 Å². The number of amides is 1. The monoisotopic (exact) mass is 255 g/mol. The summed E-state index contributed by atoms with van der Waals surface area (Å²) in [5.74, 6) is 1.66. The van der Waals surface area contributed by atoms with Crippen LogP contribution in [0.1, 0.15) is 36.8 Å². The van der Waals surface area contributed by atoms with Crippen LogP contribution in [0.25, 0.3) is 6.08 Å². The molecule has 0 spiro atoms. The Kier molecular flexibility index (Phi) is 3.41. The van der Waals surface area contributed by atoms with Gasteiger partial charge in [0.1, 0.15) is 0 Å². The van der Waals surface area contributed by atoms with E-state index < -0.39 is 0 Å². The van der Waals surface area contributed by atoms with Crippen LogP contribution in [0.3, 0.4) is 0 Å². The first-order chi connectivity index (χ1) is 9.20. The highest BCUT2D eigenvalue weighted by Crippen LogP contribution is 2.44. The molecule has 100 valence electrons. The van der Waals surface area contributed by atoms with Crippen molar-refractivity contribution in [1.82, 2.24) is 5.32 Å². The summed E-state index contributed by atoms with van der Waals surface area (Å²) in [7, 11) is 0. The first kappa shape index (κ1) is 12.5. The van der Waals surface area contributed by atoms with Gasteiger partial charge >= 0.3 is 0 Å². The van der Waals surface area contributed by atoms with Crippen molar-refractivity contribution in [1.29, 1.82) is 0 Å². The zero-order valence-electron chi connectivity index (χ0n) is 11.4. The highest BCUT2D eigenvalue weighted by molar-refractivity contribution is 5.91. The molecule has 1 aromatic carbocycles. The zero-order valence-corrected chi connectivity index (χ0v) is 11.4. The van der Waals surface area contributed by atoms with Gasteiger partial charge in [-0.2, -0.15) is 0 Å². The van der Waals surface area contributed by atoms with Crippen molar-refractivity contribution in [3.63, 3.8) is 0 Å². The molecule has 0 aromatic heterocycles. The number of carbonyl (C=O) groups excluding carboxylic acids is 1.